The molecule has 1 aliphatic rings. The van der Waals surface area contributed by atoms with Crippen molar-refractivity contribution in [2.24, 2.45) is 7.05 Å². The standard InChI is InChI=1S/C21H23ClN6/c1-26-21-16(12-23-26)10-17(20(22)25-21)13-27-6-8-28(9-7-27)14-18-11-15-4-2-3-5-19(15)24-18/h2-5,10-12,24H,6-9,13-14H2,1H3. The molecule has 0 spiro atoms. The van der Waals surface area contributed by atoms with Gasteiger partial charge < -0.3 is 4.98 Å². The Kier molecular flexibility index (Phi) is 4.55. The molecule has 4 aromatic rings. The predicted molar refractivity (Wildman–Crippen MR) is 112 cm³/mol. The molecule has 1 aliphatic heterocycles. The molecule has 144 valence electrons. The average Bonchev–Trinajstić information content (AvgIpc) is 3.27. The van der Waals surface area contributed by atoms with Crippen LogP contribution in [0.15, 0.2) is 42.6 Å². The normalized spacial score (nSPS) is 16.4. The van der Waals surface area contributed by atoms with Crippen LogP contribution < -0.4 is 0 Å². The quantitative estimate of drug-likeness (QED) is 0.539. The summed E-state index contributed by atoms with van der Waals surface area (Å²) in [6.07, 6.45) is 1.85. The van der Waals surface area contributed by atoms with Crippen LogP contribution in [0.4, 0.5) is 0 Å². The fraction of sp³-hybridized carbons (Fsp3) is 0.333. The Hall–Kier alpha value is -2.41. The van der Waals surface area contributed by atoms with Gasteiger partial charge in [-0.05, 0) is 23.6 Å². The van der Waals surface area contributed by atoms with Crippen LogP contribution in [0, 0.1) is 0 Å². The Bertz CT molecular complexity index is 1090. The first-order valence-corrected chi connectivity index (χ1v) is 10.0. The summed E-state index contributed by atoms with van der Waals surface area (Å²) in [6, 6.07) is 12.8. The summed E-state index contributed by atoms with van der Waals surface area (Å²) >= 11 is 6.43. The summed E-state index contributed by atoms with van der Waals surface area (Å²) in [7, 11) is 1.89. The number of benzene rings is 1. The lowest BCUT2D eigenvalue weighted by molar-refractivity contribution is 0.121. The van der Waals surface area contributed by atoms with Crippen LogP contribution in [-0.4, -0.2) is 55.7 Å². The molecular formula is C21H23ClN6. The zero-order valence-electron chi connectivity index (χ0n) is 15.9. The van der Waals surface area contributed by atoms with Crippen LogP contribution >= 0.6 is 11.6 Å². The molecule has 1 aromatic carbocycles. The van der Waals surface area contributed by atoms with Gasteiger partial charge in [-0.15, -0.1) is 0 Å². The molecule has 1 N–H and O–H groups in total. The molecule has 1 saturated heterocycles. The van der Waals surface area contributed by atoms with Crippen molar-refractivity contribution in [2.45, 2.75) is 13.1 Å². The monoisotopic (exact) mass is 394 g/mol. The molecule has 0 amide bonds. The smallest absolute Gasteiger partial charge is 0.159 e. The number of halogens is 1. The number of fused-ring (bicyclic) bond motifs is 2. The number of pyridine rings is 1. The van der Waals surface area contributed by atoms with Crippen LogP contribution in [0.2, 0.25) is 5.15 Å². The maximum Gasteiger partial charge on any atom is 0.159 e. The van der Waals surface area contributed by atoms with Gasteiger partial charge in [0.1, 0.15) is 5.15 Å². The molecule has 0 bridgehead atoms. The Morgan fingerprint density at radius 3 is 2.54 bits per heavy atom. The summed E-state index contributed by atoms with van der Waals surface area (Å²) in [5, 5.41) is 7.17. The number of aromatic amines is 1. The van der Waals surface area contributed by atoms with Crippen LogP contribution in [0.3, 0.4) is 0 Å². The van der Waals surface area contributed by atoms with Gasteiger partial charge in [-0.25, -0.2) is 4.98 Å². The first-order chi connectivity index (χ1) is 13.7. The maximum absolute atomic E-state index is 6.43. The zero-order valence-corrected chi connectivity index (χ0v) is 16.7. The van der Waals surface area contributed by atoms with Gasteiger partial charge in [-0.1, -0.05) is 29.8 Å². The van der Waals surface area contributed by atoms with Gasteiger partial charge in [-0.2, -0.15) is 5.10 Å². The minimum absolute atomic E-state index is 0.580. The average molecular weight is 395 g/mol. The number of hydrogen-bond acceptors (Lipinski definition) is 4. The van der Waals surface area contributed by atoms with Crippen LogP contribution in [0.1, 0.15) is 11.3 Å². The lowest BCUT2D eigenvalue weighted by atomic mass is 10.2. The number of para-hydroxylation sites is 1. The Morgan fingerprint density at radius 1 is 1.00 bits per heavy atom. The van der Waals surface area contributed by atoms with Crippen LogP contribution in [-0.2, 0) is 20.1 Å². The number of aromatic nitrogens is 4. The number of piperazine rings is 1. The molecule has 0 atom stereocenters. The van der Waals surface area contributed by atoms with Crippen molar-refractivity contribution in [3.8, 4) is 0 Å². The molecule has 6 nitrogen and oxygen atoms in total. The first-order valence-electron chi connectivity index (χ1n) is 9.64. The number of nitrogens with zero attached hydrogens (tertiary/aromatic N) is 5. The number of H-pyrrole nitrogens is 1. The van der Waals surface area contributed by atoms with E-state index < -0.39 is 0 Å². The third-order valence-electron chi connectivity index (χ3n) is 5.57. The fourth-order valence-corrected chi connectivity index (χ4v) is 4.21. The Labute approximate surface area is 168 Å². The minimum Gasteiger partial charge on any atom is -0.357 e. The number of nitrogens with one attached hydrogen (secondary N) is 1. The molecule has 0 radical (unpaired) electrons. The van der Waals surface area contributed by atoms with Crippen molar-refractivity contribution in [3.05, 3.63) is 59.0 Å². The van der Waals surface area contributed by atoms with E-state index in [1.165, 1.54) is 16.6 Å². The lowest BCUT2D eigenvalue weighted by Crippen LogP contribution is -2.45. The second kappa shape index (κ2) is 7.20. The second-order valence-corrected chi connectivity index (χ2v) is 7.91. The van der Waals surface area contributed by atoms with Gasteiger partial charge in [0, 0.05) is 68.5 Å². The largest absolute Gasteiger partial charge is 0.357 e. The summed E-state index contributed by atoms with van der Waals surface area (Å²) in [5.41, 5.74) is 4.40. The summed E-state index contributed by atoms with van der Waals surface area (Å²) in [4.78, 5) is 13.0. The van der Waals surface area contributed by atoms with Crippen molar-refractivity contribution >= 4 is 33.5 Å². The molecule has 0 unspecified atom stereocenters. The molecule has 4 heterocycles. The van der Waals surface area contributed by atoms with Crippen molar-refractivity contribution in [2.75, 3.05) is 26.2 Å². The van der Waals surface area contributed by atoms with E-state index in [0.29, 0.717) is 5.15 Å². The highest BCUT2D eigenvalue weighted by Crippen LogP contribution is 2.22. The first kappa shape index (κ1) is 17.7. The summed E-state index contributed by atoms with van der Waals surface area (Å²) < 4.78 is 1.76. The summed E-state index contributed by atoms with van der Waals surface area (Å²) in [5.74, 6) is 0. The van der Waals surface area contributed by atoms with Gasteiger partial charge in [-0.3, -0.25) is 14.5 Å². The predicted octanol–water partition coefficient (Wildman–Crippen LogP) is 3.42. The molecular weight excluding hydrogens is 372 g/mol. The number of aryl methyl sites for hydroxylation is 1. The van der Waals surface area contributed by atoms with E-state index in [0.717, 1.165) is 55.9 Å². The van der Waals surface area contributed by atoms with Crippen molar-refractivity contribution < 1.29 is 0 Å². The van der Waals surface area contributed by atoms with E-state index in [-0.39, 0.29) is 0 Å². The number of rotatable bonds is 4. The zero-order chi connectivity index (χ0) is 19.1. The van der Waals surface area contributed by atoms with Crippen molar-refractivity contribution in [1.82, 2.24) is 29.5 Å². The molecule has 7 heteroatoms. The summed E-state index contributed by atoms with van der Waals surface area (Å²) in [6.45, 7) is 5.96. The van der Waals surface area contributed by atoms with Gasteiger partial charge in [0.2, 0.25) is 0 Å². The highest BCUT2D eigenvalue weighted by Gasteiger charge is 2.19. The highest BCUT2D eigenvalue weighted by molar-refractivity contribution is 6.30. The van der Waals surface area contributed by atoms with Crippen molar-refractivity contribution in [3.63, 3.8) is 0 Å². The van der Waals surface area contributed by atoms with Gasteiger partial charge >= 0.3 is 0 Å². The van der Waals surface area contributed by atoms with E-state index in [1.54, 1.807) is 4.68 Å². The van der Waals surface area contributed by atoms with E-state index in [9.17, 15) is 0 Å². The lowest BCUT2D eigenvalue weighted by Gasteiger charge is -2.34. The highest BCUT2D eigenvalue weighted by atomic mass is 35.5. The molecule has 3 aromatic heterocycles. The van der Waals surface area contributed by atoms with Crippen LogP contribution in [0.25, 0.3) is 21.9 Å². The molecule has 5 rings (SSSR count). The molecule has 0 aliphatic carbocycles. The van der Waals surface area contributed by atoms with Crippen molar-refractivity contribution in [1.29, 1.82) is 0 Å². The van der Waals surface area contributed by atoms with Gasteiger partial charge in [0.25, 0.3) is 0 Å². The van der Waals surface area contributed by atoms with E-state index >= 15 is 0 Å². The molecule has 1 fully saturated rings. The SMILES string of the molecule is Cn1ncc2cc(CN3CCN(Cc4cc5ccccc5[nH]4)CC3)c(Cl)nc21. The maximum atomic E-state index is 6.43. The molecule has 0 saturated carbocycles. The second-order valence-electron chi connectivity index (χ2n) is 7.55. The topological polar surface area (TPSA) is 53.0 Å². The third-order valence-corrected chi connectivity index (χ3v) is 5.90. The molecule has 28 heavy (non-hydrogen) atoms. The minimum atomic E-state index is 0.580. The Balaban J connectivity index is 1.22. The van der Waals surface area contributed by atoms with E-state index in [1.807, 2.05) is 13.2 Å². The van der Waals surface area contributed by atoms with E-state index in [2.05, 4.69) is 61.3 Å². The van der Waals surface area contributed by atoms with Crippen LogP contribution in [0.5, 0.6) is 0 Å². The van der Waals surface area contributed by atoms with Gasteiger partial charge in [0.05, 0.1) is 6.20 Å². The van der Waals surface area contributed by atoms with Gasteiger partial charge in [0.15, 0.2) is 5.65 Å². The third kappa shape index (κ3) is 3.39. The fourth-order valence-electron chi connectivity index (χ4n) is 4.02. The number of hydrogen-bond donors (Lipinski definition) is 1. The Morgan fingerprint density at radius 2 is 1.75 bits per heavy atom. The van der Waals surface area contributed by atoms with E-state index in [4.69, 9.17) is 11.6 Å².